The van der Waals surface area contributed by atoms with E-state index >= 15 is 0 Å². The Bertz CT molecular complexity index is 627. The van der Waals surface area contributed by atoms with Crippen LogP contribution in [-0.2, 0) is 9.84 Å². The van der Waals surface area contributed by atoms with Gasteiger partial charge in [-0.2, -0.15) is 0 Å². The molecule has 1 aromatic carbocycles. The van der Waals surface area contributed by atoms with Gasteiger partial charge in [0.15, 0.2) is 9.84 Å². The van der Waals surface area contributed by atoms with E-state index in [9.17, 15) is 8.42 Å². The molecule has 2 aliphatic rings. The van der Waals surface area contributed by atoms with E-state index in [4.69, 9.17) is 17.0 Å². The average Bonchev–Trinajstić information content (AvgIpc) is 2.81. The minimum atomic E-state index is -2.93. The van der Waals surface area contributed by atoms with E-state index in [-0.39, 0.29) is 22.8 Å². The molecular weight excluding hydrogens is 314 g/mol. The fourth-order valence-electron chi connectivity index (χ4n) is 2.64. The lowest BCUT2D eigenvalue weighted by Crippen LogP contribution is -2.36. The molecule has 0 amide bonds. The third kappa shape index (κ3) is 2.54. The van der Waals surface area contributed by atoms with Gasteiger partial charge in [0.1, 0.15) is 10.1 Å². The fraction of sp³-hybridized carbons (Fsp3) is 0.462. The quantitative estimate of drug-likeness (QED) is 0.792. The van der Waals surface area contributed by atoms with Gasteiger partial charge in [-0.1, -0.05) is 24.0 Å². The summed E-state index contributed by atoms with van der Waals surface area (Å²) in [6.07, 6.45) is 0. The van der Waals surface area contributed by atoms with Gasteiger partial charge < -0.3 is 9.64 Å². The summed E-state index contributed by atoms with van der Waals surface area (Å²) in [6.45, 7) is 2.56. The van der Waals surface area contributed by atoms with Gasteiger partial charge in [0.05, 0.1) is 24.2 Å². The Kier molecular flexibility index (Phi) is 3.68. The van der Waals surface area contributed by atoms with Crippen molar-refractivity contribution in [2.24, 2.45) is 0 Å². The summed E-state index contributed by atoms with van der Waals surface area (Å²) < 4.78 is 29.7. The Balaban J connectivity index is 1.87. The van der Waals surface area contributed by atoms with E-state index in [0.29, 0.717) is 6.61 Å². The van der Waals surface area contributed by atoms with Crippen LogP contribution in [0, 0.1) is 0 Å². The highest BCUT2D eigenvalue weighted by molar-refractivity contribution is 8.24. The van der Waals surface area contributed by atoms with Gasteiger partial charge >= 0.3 is 0 Å². The topological polar surface area (TPSA) is 46.6 Å². The zero-order valence-corrected chi connectivity index (χ0v) is 13.4. The van der Waals surface area contributed by atoms with Crippen LogP contribution in [0.5, 0.6) is 5.75 Å². The molecule has 0 spiro atoms. The number of rotatable bonds is 3. The van der Waals surface area contributed by atoms with E-state index in [1.165, 1.54) is 11.8 Å². The number of hydrogen-bond donors (Lipinski definition) is 0. The van der Waals surface area contributed by atoms with Crippen LogP contribution >= 0.6 is 24.0 Å². The Morgan fingerprint density at radius 1 is 1.35 bits per heavy atom. The Morgan fingerprint density at radius 2 is 2.05 bits per heavy atom. The van der Waals surface area contributed by atoms with Crippen LogP contribution in [0.2, 0.25) is 0 Å². The van der Waals surface area contributed by atoms with Crippen molar-refractivity contribution in [2.45, 2.75) is 18.2 Å². The zero-order chi connectivity index (χ0) is 14.3. The lowest BCUT2D eigenvalue weighted by atomic mass is 10.2. The monoisotopic (exact) mass is 329 g/mol. The number of fused-ring (bicyclic) bond motifs is 1. The van der Waals surface area contributed by atoms with Gasteiger partial charge in [0.25, 0.3) is 0 Å². The number of benzene rings is 1. The van der Waals surface area contributed by atoms with Crippen molar-refractivity contribution in [3.63, 3.8) is 0 Å². The normalized spacial score (nSPS) is 27.6. The minimum Gasteiger partial charge on any atom is -0.494 e. The van der Waals surface area contributed by atoms with Crippen molar-refractivity contribution in [3.05, 3.63) is 24.3 Å². The molecule has 0 saturated carbocycles. The summed E-state index contributed by atoms with van der Waals surface area (Å²) in [5, 5.41) is 0.0686. The number of thioether (sulfide) groups is 1. The molecule has 2 aliphatic heterocycles. The highest BCUT2D eigenvalue weighted by atomic mass is 32.2. The molecule has 108 valence electrons. The van der Waals surface area contributed by atoms with Crippen LogP contribution < -0.4 is 9.64 Å². The second-order valence-electron chi connectivity index (χ2n) is 4.86. The number of nitrogens with zero attached hydrogens (tertiary/aromatic N) is 1. The molecule has 0 unspecified atom stereocenters. The molecule has 2 heterocycles. The standard InChI is InChI=1S/C13H15NO3S3/c1-2-17-10-5-3-9(4-6-10)14-11-7-20(15,16)8-12(11)19-13(14)18/h3-6,11-12H,2,7-8H2,1H3/t11-,12+/m1/s1. The van der Waals surface area contributed by atoms with Gasteiger partial charge in [-0.15, -0.1) is 0 Å². The maximum Gasteiger partial charge on any atom is 0.153 e. The maximum atomic E-state index is 11.8. The van der Waals surface area contributed by atoms with Gasteiger partial charge in [-0.25, -0.2) is 8.42 Å². The first-order valence-electron chi connectivity index (χ1n) is 6.43. The lowest BCUT2D eigenvalue weighted by molar-refractivity contribution is 0.340. The van der Waals surface area contributed by atoms with Crippen molar-refractivity contribution in [1.82, 2.24) is 0 Å². The first-order chi connectivity index (χ1) is 9.50. The van der Waals surface area contributed by atoms with Crippen LogP contribution in [0.3, 0.4) is 0 Å². The van der Waals surface area contributed by atoms with Crippen molar-refractivity contribution in [1.29, 1.82) is 0 Å². The van der Waals surface area contributed by atoms with Crippen LogP contribution in [-0.4, -0.2) is 42.1 Å². The van der Waals surface area contributed by atoms with Crippen LogP contribution in [0.25, 0.3) is 0 Å². The molecule has 4 nitrogen and oxygen atoms in total. The predicted molar refractivity (Wildman–Crippen MR) is 86.5 cm³/mol. The molecule has 0 aromatic heterocycles. The largest absolute Gasteiger partial charge is 0.494 e. The van der Waals surface area contributed by atoms with E-state index in [2.05, 4.69) is 0 Å². The molecule has 0 bridgehead atoms. The van der Waals surface area contributed by atoms with E-state index in [0.717, 1.165) is 15.8 Å². The van der Waals surface area contributed by atoms with Gasteiger partial charge in [0.2, 0.25) is 0 Å². The summed E-state index contributed by atoms with van der Waals surface area (Å²) in [7, 11) is -2.93. The first kappa shape index (κ1) is 14.2. The number of sulfone groups is 1. The smallest absolute Gasteiger partial charge is 0.153 e. The molecule has 2 atom stereocenters. The number of thiocarbonyl (C=S) groups is 1. The number of hydrogen-bond acceptors (Lipinski definition) is 5. The summed E-state index contributed by atoms with van der Waals surface area (Å²) in [5.41, 5.74) is 0.940. The summed E-state index contributed by atoms with van der Waals surface area (Å²) in [5.74, 6) is 1.23. The van der Waals surface area contributed by atoms with E-state index in [1.54, 1.807) is 0 Å². The second-order valence-corrected chi connectivity index (χ2v) is 8.89. The molecule has 3 rings (SSSR count). The summed E-state index contributed by atoms with van der Waals surface area (Å²) >= 11 is 6.90. The molecule has 2 saturated heterocycles. The predicted octanol–water partition coefficient (Wildman–Crippen LogP) is 2.09. The maximum absolute atomic E-state index is 11.8. The van der Waals surface area contributed by atoms with Crippen molar-refractivity contribution in [2.75, 3.05) is 23.0 Å². The van der Waals surface area contributed by atoms with Crippen LogP contribution in [0.1, 0.15) is 6.92 Å². The number of anilines is 1. The van der Waals surface area contributed by atoms with Crippen molar-refractivity contribution >= 4 is 43.8 Å². The van der Waals surface area contributed by atoms with Crippen LogP contribution in [0.15, 0.2) is 24.3 Å². The molecular formula is C13H15NO3S3. The van der Waals surface area contributed by atoms with E-state index < -0.39 is 9.84 Å². The molecule has 2 fully saturated rings. The fourth-order valence-corrected chi connectivity index (χ4v) is 7.01. The number of ether oxygens (including phenoxy) is 1. The molecule has 1 aromatic rings. The van der Waals surface area contributed by atoms with Crippen molar-refractivity contribution < 1.29 is 13.2 Å². The third-order valence-electron chi connectivity index (χ3n) is 3.48. The zero-order valence-electron chi connectivity index (χ0n) is 11.0. The van der Waals surface area contributed by atoms with Crippen LogP contribution in [0.4, 0.5) is 5.69 Å². The molecule has 7 heteroatoms. The third-order valence-corrected chi connectivity index (χ3v) is 7.07. The Morgan fingerprint density at radius 3 is 2.70 bits per heavy atom. The van der Waals surface area contributed by atoms with E-state index in [1.807, 2.05) is 36.1 Å². The minimum absolute atomic E-state index is 0.0320. The molecule has 0 radical (unpaired) electrons. The van der Waals surface area contributed by atoms with Gasteiger partial charge in [-0.3, -0.25) is 0 Å². The highest BCUT2D eigenvalue weighted by Gasteiger charge is 2.48. The molecule has 0 N–H and O–H groups in total. The average molecular weight is 329 g/mol. The van der Waals surface area contributed by atoms with Gasteiger partial charge in [0, 0.05) is 10.9 Å². The Labute approximate surface area is 128 Å². The first-order valence-corrected chi connectivity index (χ1v) is 9.54. The second kappa shape index (κ2) is 5.20. The summed E-state index contributed by atoms with van der Waals surface area (Å²) in [6, 6.07) is 7.62. The SMILES string of the molecule is CCOc1ccc(N2C(=S)S[C@H]3CS(=O)(=O)C[C@H]32)cc1. The summed E-state index contributed by atoms with van der Waals surface area (Å²) in [4.78, 5) is 1.98. The molecule has 0 aliphatic carbocycles. The molecule has 20 heavy (non-hydrogen) atoms. The van der Waals surface area contributed by atoms with Gasteiger partial charge in [-0.05, 0) is 31.2 Å². The highest BCUT2D eigenvalue weighted by Crippen LogP contribution is 2.41. The van der Waals surface area contributed by atoms with Crippen molar-refractivity contribution in [3.8, 4) is 5.75 Å². The lowest BCUT2D eigenvalue weighted by Gasteiger charge is -2.24. The Hall–Kier alpha value is -0.790.